The fourth-order valence-electron chi connectivity index (χ4n) is 1.90. The average molecular weight is 298 g/mol. The second kappa shape index (κ2) is 6.71. The van der Waals surface area contributed by atoms with Crippen LogP contribution < -0.4 is 0 Å². The molecule has 22 heavy (non-hydrogen) atoms. The van der Waals surface area contributed by atoms with E-state index >= 15 is 0 Å². The number of rotatable bonds is 5. The Hall–Kier alpha value is -2.89. The van der Waals surface area contributed by atoms with Gasteiger partial charge < -0.3 is 4.74 Å². The van der Waals surface area contributed by atoms with Crippen molar-refractivity contribution in [1.29, 1.82) is 0 Å². The fourth-order valence-corrected chi connectivity index (χ4v) is 1.90. The summed E-state index contributed by atoms with van der Waals surface area (Å²) < 4.78 is 4.43. The number of carbonyl (C=O) groups is 3. The minimum Gasteiger partial charge on any atom is -0.463 e. The summed E-state index contributed by atoms with van der Waals surface area (Å²) in [5.74, 6) is -2.02. The van der Waals surface area contributed by atoms with Crippen molar-refractivity contribution in [2.75, 3.05) is 7.11 Å². The van der Waals surface area contributed by atoms with Gasteiger partial charge in [-0.15, -0.1) is 0 Å². The Morgan fingerprint density at radius 2 is 1.82 bits per heavy atom. The van der Waals surface area contributed by atoms with Gasteiger partial charge in [0, 0.05) is 18.2 Å². The zero-order valence-electron chi connectivity index (χ0n) is 12.2. The Morgan fingerprint density at radius 1 is 1.09 bits per heavy atom. The van der Waals surface area contributed by atoms with E-state index in [2.05, 4.69) is 14.7 Å². The Labute approximate surface area is 127 Å². The van der Waals surface area contributed by atoms with E-state index in [9.17, 15) is 14.4 Å². The molecule has 1 aromatic carbocycles. The molecule has 0 radical (unpaired) electrons. The van der Waals surface area contributed by atoms with Gasteiger partial charge in [0.05, 0.1) is 19.0 Å². The largest absolute Gasteiger partial charge is 0.463 e. The van der Waals surface area contributed by atoms with Gasteiger partial charge in [-0.2, -0.15) is 0 Å². The molecule has 112 valence electrons. The van der Waals surface area contributed by atoms with Crippen molar-refractivity contribution in [3.8, 4) is 0 Å². The van der Waals surface area contributed by atoms with Crippen LogP contribution in [0.15, 0.2) is 36.7 Å². The lowest BCUT2D eigenvalue weighted by atomic mass is 9.98. The van der Waals surface area contributed by atoms with E-state index in [4.69, 9.17) is 0 Å². The molecule has 0 fully saturated rings. The Morgan fingerprint density at radius 3 is 2.45 bits per heavy atom. The molecule has 1 aromatic heterocycles. The number of esters is 1. The summed E-state index contributed by atoms with van der Waals surface area (Å²) in [7, 11) is 1.13. The van der Waals surface area contributed by atoms with Crippen molar-refractivity contribution >= 4 is 17.5 Å². The number of ether oxygens (including phenoxy) is 1. The van der Waals surface area contributed by atoms with Gasteiger partial charge in [-0.3, -0.25) is 14.6 Å². The van der Waals surface area contributed by atoms with Crippen LogP contribution >= 0.6 is 0 Å². The summed E-state index contributed by atoms with van der Waals surface area (Å²) in [5.41, 5.74) is 1.52. The predicted molar refractivity (Wildman–Crippen MR) is 77.6 cm³/mol. The number of hydrogen-bond donors (Lipinski definition) is 0. The van der Waals surface area contributed by atoms with E-state index in [-0.39, 0.29) is 23.5 Å². The molecule has 0 bridgehead atoms. The van der Waals surface area contributed by atoms with E-state index in [1.165, 1.54) is 18.5 Å². The smallest absolute Gasteiger partial charge is 0.379 e. The number of benzene rings is 1. The first-order valence-electron chi connectivity index (χ1n) is 6.55. The maximum absolute atomic E-state index is 12.2. The highest BCUT2D eigenvalue weighted by molar-refractivity contribution is 6.41. The molecule has 0 unspecified atom stereocenters. The van der Waals surface area contributed by atoms with Gasteiger partial charge in [0.15, 0.2) is 5.78 Å². The van der Waals surface area contributed by atoms with Crippen molar-refractivity contribution < 1.29 is 19.1 Å². The highest BCUT2D eigenvalue weighted by atomic mass is 16.5. The van der Waals surface area contributed by atoms with Crippen molar-refractivity contribution in [2.24, 2.45) is 0 Å². The maximum atomic E-state index is 12.2. The van der Waals surface area contributed by atoms with Crippen molar-refractivity contribution in [3.05, 3.63) is 59.2 Å². The Balaban J connectivity index is 2.26. The predicted octanol–water partition coefficient (Wildman–Crippen LogP) is 1.57. The van der Waals surface area contributed by atoms with Crippen LogP contribution in [0.4, 0.5) is 0 Å². The van der Waals surface area contributed by atoms with Crippen molar-refractivity contribution in [2.45, 2.75) is 13.3 Å². The summed E-state index contributed by atoms with van der Waals surface area (Å²) in [6.07, 6.45) is 2.85. The first-order chi connectivity index (χ1) is 10.5. The van der Waals surface area contributed by atoms with E-state index in [0.29, 0.717) is 11.3 Å². The monoisotopic (exact) mass is 298 g/mol. The molecular formula is C16H14N2O4. The van der Waals surface area contributed by atoms with Crippen LogP contribution in [0, 0.1) is 6.92 Å². The van der Waals surface area contributed by atoms with Crippen LogP contribution in [0.1, 0.15) is 32.1 Å². The third-order valence-electron chi connectivity index (χ3n) is 3.05. The van der Waals surface area contributed by atoms with E-state index in [0.717, 1.165) is 7.11 Å². The molecular weight excluding hydrogens is 284 g/mol. The second-order valence-electron chi connectivity index (χ2n) is 4.62. The number of hydrogen-bond acceptors (Lipinski definition) is 6. The molecule has 6 heteroatoms. The van der Waals surface area contributed by atoms with Gasteiger partial charge in [0.1, 0.15) is 5.69 Å². The van der Waals surface area contributed by atoms with Crippen LogP contribution in [-0.2, 0) is 16.0 Å². The molecule has 2 rings (SSSR count). The van der Waals surface area contributed by atoms with Gasteiger partial charge in [-0.05, 0) is 12.5 Å². The first kappa shape index (κ1) is 15.5. The fraction of sp³-hybridized carbons (Fsp3) is 0.188. The van der Waals surface area contributed by atoms with Gasteiger partial charge in [0.25, 0.3) is 5.78 Å². The van der Waals surface area contributed by atoms with Crippen LogP contribution in [0.3, 0.4) is 0 Å². The number of carbonyl (C=O) groups excluding carboxylic acids is 3. The molecule has 0 saturated carbocycles. The molecule has 0 saturated heterocycles. The lowest BCUT2D eigenvalue weighted by Gasteiger charge is -2.07. The molecule has 6 nitrogen and oxygen atoms in total. The SMILES string of the molecule is COC(=O)C(=O)c1ccccc1CC(=O)c1cnc(C)cn1. The molecule has 1 heterocycles. The number of ketones is 2. The lowest BCUT2D eigenvalue weighted by Crippen LogP contribution is -2.18. The summed E-state index contributed by atoms with van der Waals surface area (Å²) in [6, 6.07) is 6.42. The molecule has 0 N–H and O–H groups in total. The first-order valence-corrected chi connectivity index (χ1v) is 6.55. The number of aryl methyl sites for hydroxylation is 1. The van der Waals surface area contributed by atoms with Gasteiger partial charge in [-0.25, -0.2) is 9.78 Å². The quantitative estimate of drug-likeness (QED) is 0.473. The zero-order chi connectivity index (χ0) is 16.1. The average Bonchev–Trinajstić information content (AvgIpc) is 2.54. The highest BCUT2D eigenvalue weighted by Crippen LogP contribution is 2.13. The van der Waals surface area contributed by atoms with Gasteiger partial charge >= 0.3 is 5.97 Å². The van der Waals surface area contributed by atoms with E-state index < -0.39 is 11.8 Å². The van der Waals surface area contributed by atoms with Crippen LogP contribution in [-0.4, -0.2) is 34.6 Å². The highest BCUT2D eigenvalue weighted by Gasteiger charge is 2.21. The van der Waals surface area contributed by atoms with Crippen LogP contribution in [0.25, 0.3) is 0 Å². The van der Waals surface area contributed by atoms with Crippen LogP contribution in [0.2, 0.25) is 0 Å². The lowest BCUT2D eigenvalue weighted by molar-refractivity contribution is -0.135. The summed E-state index contributed by atoms with van der Waals surface area (Å²) in [6.45, 7) is 1.77. The molecule has 0 spiro atoms. The van der Waals surface area contributed by atoms with Crippen molar-refractivity contribution in [1.82, 2.24) is 9.97 Å². The Kier molecular flexibility index (Phi) is 4.73. The third kappa shape index (κ3) is 3.41. The molecule has 0 aliphatic heterocycles. The standard InChI is InChI=1S/C16H14N2O4/c1-10-8-18-13(9-17-10)14(19)7-11-5-3-4-6-12(11)15(20)16(21)22-2/h3-6,8-9H,7H2,1-2H3. The topological polar surface area (TPSA) is 86.2 Å². The molecule has 0 aliphatic rings. The van der Waals surface area contributed by atoms with Gasteiger partial charge in [0.2, 0.25) is 0 Å². The second-order valence-corrected chi connectivity index (χ2v) is 4.62. The Bertz CT molecular complexity index is 723. The van der Waals surface area contributed by atoms with Crippen LogP contribution in [0.5, 0.6) is 0 Å². The zero-order valence-corrected chi connectivity index (χ0v) is 12.2. The van der Waals surface area contributed by atoms with Crippen molar-refractivity contribution in [3.63, 3.8) is 0 Å². The number of Topliss-reactive ketones (excluding diaryl/α,β-unsaturated/α-hetero) is 2. The van der Waals surface area contributed by atoms with Gasteiger partial charge in [-0.1, -0.05) is 24.3 Å². The molecule has 0 atom stereocenters. The summed E-state index contributed by atoms with van der Waals surface area (Å²) in [4.78, 5) is 43.6. The summed E-state index contributed by atoms with van der Waals surface area (Å²) >= 11 is 0. The maximum Gasteiger partial charge on any atom is 0.379 e. The number of methoxy groups -OCH3 is 1. The summed E-state index contributed by atoms with van der Waals surface area (Å²) in [5, 5.41) is 0. The molecule has 0 amide bonds. The molecule has 0 aliphatic carbocycles. The number of nitrogens with zero attached hydrogens (tertiary/aromatic N) is 2. The minimum absolute atomic E-state index is 0.0450. The molecule has 2 aromatic rings. The number of aromatic nitrogens is 2. The minimum atomic E-state index is -0.963. The van der Waals surface area contributed by atoms with E-state index in [1.807, 2.05) is 0 Å². The van der Waals surface area contributed by atoms with E-state index in [1.54, 1.807) is 25.1 Å². The normalized spacial score (nSPS) is 10.1. The third-order valence-corrected chi connectivity index (χ3v) is 3.05.